The number of nitrogens with two attached hydrogens (primary N) is 1. The van der Waals surface area contributed by atoms with Crippen LogP contribution >= 0.6 is 0 Å². The fourth-order valence-electron chi connectivity index (χ4n) is 2.11. The first-order valence-corrected chi connectivity index (χ1v) is 7.99. The van der Waals surface area contributed by atoms with Gasteiger partial charge in [0.15, 0.2) is 6.17 Å². The molecule has 4 nitrogen and oxygen atoms in total. The van der Waals surface area contributed by atoms with Crippen molar-refractivity contribution in [2.75, 3.05) is 0 Å². The van der Waals surface area contributed by atoms with E-state index >= 15 is 0 Å². The maximum atomic E-state index is 11.5. The highest BCUT2D eigenvalue weighted by Gasteiger charge is 2.08. The molecule has 0 saturated carbocycles. The van der Waals surface area contributed by atoms with Crippen LogP contribution in [-0.2, 0) is 4.79 Å². The van der Waals surface area contributed by atoms with Gasteiger partial charge < -0.3 is 16.0 Å². The summed E-state index contributed by atoms with van der Waals surface area (Å²) in [6, 6.07) is 0. The summed E-state index contributed by atoms with van der Waals surface area (Å²) in [5, 5.41) is 13.3. The predicted molar refractivity (Wildman–Crippen MR) is 79.4 cm³/mol. The van der Waals surface area contributed by atoms with E-state index < -0.39 is 0 Å². The average Bonchev–Trinajstić information content (AvgIpc) is 2.43. The SMILES string of the molecule is CCCCCCCCCCCC(=O)NC(CC)[NH2+][O-]. The first kappa shape index (κ1) is 18.4. The van der Waals surface area contributed by atoms with Gasteiger partial charge in [0, 0.05) is 12.8 Å². The van der Waals surface area contributed by atoms with E-state index in [4.69, 9.17) is 0 Å². The number of amides is 1. The van der Waals surface area contributed by atoms with E-state index in [-0.39, 0.29) is 12.1 Å². The molecule has 0 aliphatic carbocycles. The molecule has 0 aliphatic heterocycles. The normalized spacial score (nSPS) is 12.4. The molecule has 0 aromatic rings. The number of carbonyl (C=O) groups excluding carboxylic acids is 1. The molecular formula is C15H32N2O2. The standard InChI is InChI=1S/C15H32N2O2/c1-3-5-6-7-8-9-10-11-12-13-15(18)16-14(4-2)17-19/h14H,3-13,17H2,1-2H3,(H,16,18). The summed E-state index contributed by atoms with van der Waals surface area (Å²) in [6.45, 7) is 4.14. The number of hydrogen-bond acceptors (Lipinski definition) is 2. The molecule has 0 heterocycles. The first-order valence-electron chi connectivity index (χ1n) is 7.99. The highest BCUT2D eigenvalue weighted by Crippen LogP contribution is 2.10. The van der Waals surface area contributed by atoms with Gasteiger partial charge in [-0.15, -0.1) is 0 Å². The lowest BCUT2D eigenvalue weighted by atomic mass is 10.1. The van der Waals surface area contributed by atoms with Crippen LogP contribution in [0.4, 0.5) is 0 Å². The van der Waals surface area contributed by atoms with E-state index in [2.05, 4.69) is 12.2 Å². The van der Waals surface area contributed by atoms with Crippen LogP contribution in [0, 0.1) is 5.21 Å². The number of carbonyl (C=O) groups is 1. The number of hydroxylamine groups is 1. The summed E-state index contributed by atoms with van der Waals surface area (Å²) in [6.07, 6.45) is 12.2. The summed E-state index contributed by atoms with van der Waals surface area (Å²) in [7, 11) is 0. The molecular weight excluding hydrogens is 240 g/mol. The van der Waals surface area contributed by atoms with Crippen molar-refractivity contribution in [1.82, 2.24) is 5.32 Å². The molecule has 1 unspecified atom stereocenters. The van der Waals surface area contributed by atoms with Crippen molar-refractivity contribution in [1.29, 1.82) is 0 Å². The van der Waals surface area contributed by atoms with Crippen LogP contribution in [0.25, 0.3) is 0 Å². The lowest BCUT2D eigenvalue weighted by molar-refractivity contribution is -0.631. The highest BCUT2D eigenvalue weighted by molar-refractivity contribution is 5.75. The maximum Gasteiger partial charge on any atom is 0.224 e. The van der Waals surface area contributed by atoms with Gasteiger partial charge in [0.1, 0.15) is 0 Å². The number of hydrogen-bond donors (Lipinski definition) is 2. The van der Waals surface area contributed by atoms with Crippen LogP contribution in [0.5, 0.6) is 0 Å². The van der Waals surface area contributed by atoms with Crippen LogP contribution in [0.3, 0.4) is 0 Å². The molecule has 114 valence electrons. The lowest BCUT2D eigenvalue weighted by Crippen LogP contribution is -2.88. The highest BCUT2D eigenvalue weighted by atomic mass is 16.5. The minimum Gasteiger partial charge on any atom is -0.634 e. The second-order valence-corrected chi connectivity index (χ2v) is 5.30. The van der Waals surface area contributed by atoms with Crippen molar-refractivity contribution in [2.45, 2.75) is 90.6 Å². The third-order valence-corrected chi connectivity index (χ3v) is 3.46. The van der Waals surface area contributed by atoms with E-state index in [0.717, 1.165) is 18.3 Å². The Morgan fingerprint density at radius 1 is 1.00 bits per heavy atom. The Balaban J connectivity index is 3.27. The van der Waals surface area contributed by atoms with Crippen LogP contribution in [-0.4, -0.2) is 12.1 Å². The van der Waals surface area contributed by atoms with Crippen LogP contribution in [0.2, 0.25) is 0 Å². The second-order valence-electron chi connectivity index (χ2n) is 5.30. The molecule has 0 aromatic heterocycles. The molecule has 0 aromatic carbocycles. The van der Waals surface area contributed by atoms with Crippen molar-refractivity contribution in [3.05, 3.63) is 5.21 Å². The second kappa shape index (κ2) is 13.8. The van der Waals surface area contributed by atoms with Crippen molar-refractivity contribution < 1.29 is 10.3 Å². The topological polar surface area (TPSA) is 68.8 Å². The first-order chi connectivity index (χ1) is 9.24. The van der Waals surface area contributed by atoms with Crippen LogP contribution < -0.4 is 10.8 Å². The Morgan fingerprint density at radius 3 is 2.00 bits per heavy atom. The summed E-state index contributed by atoms with van der Waals surface area (Å²) in [5.41, 5.74) is 0.814. The molecule has 3 N–H and O–H groups in total. The Hall–Kier alpha value is -0.610. The zero-order chi connectivity index (χ0) is 14.3. The Kier molecular flexibility index (Phi) is 13.4. The van der Waals surface area contributed by atoms with Gasteiger partial charge in [-0.1, -0.05) is 65.2 Å². The van der Waals surface area contributed by atoms with E-state index in [1.807, 2.05) is 6.92 Å². The molecule has 0 radical (unpaired) electrons. The molecule has 19 heavy (non-hydrogen) atoms. The lowest BCUT2D eigenvalue weighted by Gasteiger charge is -2.16. The minimum atomic E-state index is -0.300. The minimum absolute atomic E-state index is 0.0156. The van der Waals surface area contributed by atoms with Gasteiger partial charge in [-0.3, -0.25) is 4.79 Å². The molecule has 0 saturated heterocycles. The third-order valence-electron chi connectivity index (χ3n) is 3.46. The molecule has 1 amide bonds. The van der Waals surface area contributed by atoms with E-state index in [1.165, 1.54) is 44.9 Å². The quantitative estimate of drug-likeness (QED) is 0.307. The fraction of sp³-hybridized carbons (Fsp3) is 0.933. The van der Waals surface area contributed by atoms with Crippen molar-refractivity contribution in [3.8, 4) is 0 Å². The van der Waals surface area contributed by atoms with Gasteiger partial charge in [-0.2, -0.15) is 0 Å². The van der Waals surface area contributed by atoms with Gasteiger partial charge in [-0.25, -0.2) is 0 Å². The van der Waals surface area contributed by atoms with Crippen LogP contribution in [0.15, 0.2) is 0 Å². The summed E-state index contributed by atoms with van der Waals surface area (Å²) in [5.74, 6) is 0.0156. The summed E-state index contributed by atoms with van der Waals surface area (Å²) < 4.78 is 0. The monoisotopic (exact) mass is 272 g/mol. The van der Waals surface area contributed by atoms with E-state index in [1.54, 1.807) is 0 Å². The van der Waals surface area contributed by atoms with Gasteiger partial charge in [-0.05, 0) is 6.42 Å². The molecule has 0 fully saturated rings. The van der Waals surface area contributed by atoms with Crippen molar-refractivity contribution >= 4 is 5.91 Å². The molecule has 0 spiro atoms. The van der Waals surface area contributed by atoms with Gasteiger partial charge in [0.2, 0.25) is 5.91 Å². The van der Waals surface area contributed by atoms with E-state index in [0.29, 0.717) is 12.8 Å². The Bertz CT molecular complexity index is 206. The van der Waals surface area contributed by atoms with E-state index in [9.17, 15) is 10.0 Å². The summed E-state index contributed by atoms with van der Waals surface area (Å²) in [4.78, 5) is 11.5. The third kappa shape index (κ3) is 12.2. The molecule has 0 bridgehead atoms. The smallest absolute Gasteiger partial charge is 0.224 e. The van der Waals surface area contributed by atoms with Crippen LogP contribution in [0.1, 0.15) is 84.5 Å². The van der Waals surface area contributed by atoms with Gasteiger partial charge >= 0.3 is 0 Å². The fourth-order valence-corrected chi connectivity index (χ4v) is 2.11. The van der Waals surface area contributed by atoms with Gasteiger partial charge in [0.05, 0.1) is 0 Å². The molecule has 0 aliphatic rings. The zero-order valence-electron chi connectivity index (χ0n) is 12.7. The Labute approximate surface area is 118 Å². The average molecular weight is 272 g/mol. The molecule has 1 atom stereocenters. The maximum absolute atomic E-state index is 11.5. The molecule has 4 heteroatoms. The number of unbranched alkanes of at least 4 members (excludes halogenated alkanes) is 8. The summed E-state index contributed by atoms with van der Waals surface area (Å²) >= 11 is 0. The number of rotatable bonds is 13. The van der Waals surface area contributed by atoms with Crippen molar-refractivity contribution in [2.24, 2.45) is 0 Å². The number of nitrogens with one attached hydrogen (secondary N) is 1. The number of quaternary nitrogens is 1. The van der Waals surface area contributed by atoms with Gasteiger partial charge in [0.25, 0.3) is 0 Å². The predicted octanol–water partition coefficient (Wildman–Crippen LogP) is 2.82. The Morgan fingerprint density at radius 2 is 1.53 bits per heavy atom. The zero-order valence-corrected chi connectivity index (χ0v) is 12.7. The largest absolute Gasteiger partial charge is 0.634 e. The van der Waals surface area contributed by atoms with Crippen molar-refractivity contribution in [3.63, 3.8) is 0 Å². The molecule has 0 rings (SSSR count).